The lowest BCUT2D eigenvalue weighted by Gasteiger charge is -2.19. The molecule has 22 heavy (non-hydrogen) atoms. The fourth-order valence-electron chi connectivity index (χ4n) is 3.22. The maximum absolute atomic E-state index is 13.0. The number of halogens is 3. The number of benzene rings is 1. The van der Waals surface area contributed by atoms with Gasteiger partial charge in [0.1, 0.15) is 0 Å². The molecule has 2 fully saturated rings. The van der Waals surface area contributed by atoms with Gasteiger partial charge in [0, 0.05) is 13.1 Å². The second-order valence-electron chi connectivity index (χ2n) is 5.97. The molecule has 2 aliphatic heterocycles. The summed E-state index contributed by atoms with van der Waals surface area (Å²) in [5, 5.41) is 3.20. The summed E-state index contributed by atoms with van der Waals surface area (Å²) in [6.07, 6.45) is -4.55. The van der Waals surface area contributed by atoms with Crippen LogP contribution in [0.3, 0.4) is 0 Å². The van der Waals surface area contributed by atoms with Crippen molar-refractivity contribution in [1.29, 1.82) is 0 Å². The van der Waals surface area contributed by atoms with E-state index in [4.69, 9.17) is 0 Å². The van der Waals surface area contributed by atoms with Crippen molar-refractivity contribution in [1.82, 2.24) is 9.62 Å². The number of nitrogens with one attached hydrogen (secondary N) is 1. The van der Waals surface area contributed by atoms with Gasteiger partial charge in [-0.2, -0.15) is 17.5 Å². The lowest BCUT2D eigenvalue weighted by Crippen LogP contribution is -2.32. The van der Waals surface area contributed by atoms with Gasteiger partial charge in [-0.05, 0) is 49.5 Å². The molecule has 1 N–H and O–H groups in total. The number of rotatable bonds is 2. The highest BCUT2D eigenvalue weighted by molar-refractivity contribution is 7.89. The summed E-state index contributed by atoms with van der Waals surface area (Å²) in [7, 11) is -3.87. The Bertz CT molecular complexity index is 676. The summed E-state index contributed by atoms with van der Waals surface area (Å²) < 4.78 is 65.4. The third kappa shape index (κ3) is 2.63. The molecule has 0 bridgehead atoms. The zero-order valence-electron chi connectivity index (χ0n) is 12.0. The maximum Gasteiger partial charge on any atom is 0.416 e. The Morgan fingerprint density at radius 2 is 1.77 bits per heavy atom. The molecule has 0 amide bonds. The number of nitrogens with zero attached hydrogens (tertiary/aromatic N) is 1. The van der Waals surface area contributed by atoms with Crippen LogP contribution in [0.4, 0.5) is 13.2 Å². The predicted molar refractivity (Wildman–Crippen MR) is 74.8 cm³/mol. The van der Waals surface area contributed by atoms with Crippen LogP contribution < -0.4 is 5.32 Å². The molecule has 1 aromatic carbocycles. The predicted octanol–water partition coefficient (Wildman–Crippen LogP) is 1.85. The first-order chi connectivity index (χ1) is 10.2. The van der Waals surface area contributed by atoms with Gasteiger partial charge in [-0.3, -0.25) is 0 Å². The van der Waals surface area contributed by atoms with Gasteiger partial charge in [0.05, 0.1) is 10.5 Å². The Kier molecular flexibility index (Phi) is 3.73. The summed E-state index contributed by atoms with van der Waals surface area (Å²) in [4.78, 5) is -0.279. The van der Waals surface area contributed by atoms with Crippen molar-refractivity contribution in [3.8, 4) is 0 Å². The van der Waals surface area contributed by atoms with Crippen molar-refractivity contribution in [2.24, 2.45) is 11.8 Å². The standard InChI is InChI=1S/C14H17F3N2O2S/c1-9-2-3-12(4-13(9)14(15,16)17)22(20,21)19-7-10-5-18-6-11(10)8-19/h2-4,10-11,18H,5-8H2,1H3/t10-,11+. The molecule has 0 aromatic heterocycles. The molecule has 122 valence electrons. The van der Waals surface area contributed by atoms with E-state index < -0.39 is 21.8 Å². The Labute approximate surface area is 127 Å². The molecule has 2 heterocycles. The van der Waals surface area contributed by atoms with Crippen molar-refractivity contribution in [2.45, 2.75) is 18.0 Å². The molecule has 0 spiro atoms. The van der Waals surface area contributed by atoms with Crippen molar-refractivity contribution < 1.29 is 21.6 Å². The number of alkyl halides is 3. The van der Waals surface area contributed by atoms with Crippen LogP contribution in [0.2, 0.25) is 0 Å². The van der Waals surface area contributed by atoms with Crippen LogP contribution in [0.5, 0.6) is 0 Å². The summed E-state index contributed by atoms with van der Waals surface area (Å²) in [6.45, 7) is 3.59. The van der Waals surface area contributed by atoms with E-state index in [1.165, 1.54) is 23.4 Å². The van der Waals surface area contributed by atoms with Crippen LogP contribution in [0.1, 0.15) is 11.1 Å². The van der Waals surface area contributed by atoms with E-state index in [0.29, 0.717) is 13.1 Å². The van der Waals surface area contributed by atoms with Gasteiger partial charge in [-0.15, -0.1) is 0 Å². The summed E-state index contributed by atoms with van der Waals surface area (Å²) in [5.74, 6) is 0.504. The van der Waals surface area contributed by atoms with E-state index in [9.17, 15) is 21.6 Å². The molecule has 0 aliphatic carbocycles. The molecule has 0 saturated carbocycles. The first-order valence-corrected chi connectivity index (χ1v) is 8.52. The van der Waals surface area contributed by atoms with E-state index >= 15 is 0 Å². The Hall–Kier alpha value is -1.12. The first kappa shape index (κ1) is 15.8. The lowest BCUT2D eigenvalue weighted by atomic mass is 10.0. The fraction of sp³-hybridized carbons (Fsp3) is 0.571. The van der Waals surface area contributed by atoms with Gasteiger partial charge >= 0.3 is 6.18 Å². The van der Waals surface area contributed by atoms with Gasteiger partial charge in [0.25, 0.3) is 0 Å². The maximum atomic E-state index is 13.0. The SMILES string of the molecule is Cc1ccc(S(=O)(=O)N2C[C@H]3CNC[C@H]3C2)cc1C(F)(F)F. The number of hydrogen-bond acceptors (Lipinski definition) is 3. The largest absolute Gasteiger partial charge is 0.416 e. The number of hydrogen-bond donors (Lipinski definition) is 1. The van der Waals surface area contributed by atoms with Gasteiger partial charge in [0.2, 0.25) is 10.0 Å². The fourth-order valence-corrected chi connectivity index (χ4v) is 4.81. The Balaban J connectivity index is 1.93. The highest BCUT2D eigenvalue weighted by atomic mass is 32.2. The quantitative estimate of drug-likeness (QED) is 0.898. The van der Waals surface area contributed by atoms with Gasteiger partial charge in [0.15, 0.2) is 0 Å². The molecule has 2 aliphatic rings. The van der Waals surface area contributed by atoms with Crippen LogP contribution in [0, 0.1) is 18.8 Å². The zero-order valence-corrected chi connectivity index (χ0v) is 12.8. The lowest BCUT2D eigenvalue weighted by molar-refractivity contribution is -0.138. The normalized spacial score (nSPS) is 26.4. The van der Waals surface area contributed by atoms with Gasteiger partial charge in [-0.25, -0.2) is 8.42 Å². The summed E-state index contributed by atoms with van der Waals surface area (Å²) in [5.41, 5.74) is -0.872. The highest BCUT2D eigenvalue weighted by Gasteiger charge is 2.42. The van der Waals surface area contributed by atoms with Crippen molar-refractivity contribution in [3.63, 3.8) is 0 Å². The van der Waals surface area contributed by atoms with Crippen LogP contribution in [-0.2, 0) is 16.2 Å². The van der Waals surface area contributed by atoms with Crippen molar-refractivity contribution >= 4 is 10.0 Å². The molecule has 2 saturated heterocycles. The number of sulfonamides is 1. The van der Waals surface area contributed by atoms with Crippen LogP contribution >= 0.6 is 0 Å². The molecule has 0 unspecified atom stereocenters. The van der Waals surface area contributed by atoms with Crippen LogP contribution in [0.25, 0.3) is 0 Å². The molecular formula is C14H17F3N2O2S. The van der Waals surface area contributed by atoms with Gasteiger partial charge < -0.3 is 5.32 Å². The topological polar surface area (TPSA) is 49.4 Å². The first-order valence-electron chi connectivity index (χ1n) is 7.08. The minimum Gasteiger partial charge on any atom is -0.316 e. The molecule has 1 aromatic rings. The average molecular weight is 334 g/mol. The second kappa shape index (κ2) is 5.21. The van der Waals surface area contributed by atoms with Gasteiger partial charge in [-0.1, -0.05) is 6.07 Å². The molecule has 4 nitrogen and oxygen atoms in total. The average Bonchev–Trinajstić information content (AvgIpc) is 2.98. The minimum atomic E-state index is -4.55. The molecule has 2 atom stereocenters. The van der Waals surface area contributed by atoms with E-state index in [2.05, 4.69) is 5.32 Å². The van der Waals surface area contributed by atoms with E-state index in [1.54, 1.807) is 0 Å². The Morgan fingerprint density at radius 3 is 2.32 bits per heavy atom. The third-order valence-corrected chi connectivity index (χ3v) is 6.34. The van der Waals surface area contributed by atoms with Crippen molar-refractivity contribution in [3.05, 3.63) is 29.3 Å². The third-order valence-electron chi connectivity index (χ3n) is 4.51. The molecular weight excluding hydrogens is 317 g/mol. The highest BCUT2D eigenvalue weighted by Crippen LogP contribution is 2.35. The van der Waals surface area contributed by atoms with E-state index in [0.717, 1.165) is 19.2 Å². The number of aryl methyl sites for hydroxylation is 1. The molecule has 3 rings (SSSR count). The van der Waals surface area contributed by atoms with E-state index in [1.807, 2.05) is 0 Å². The van der Waals surface area contributed by atoms with Crippen LogP contribution in [0.15, 0.2) is 23.1 Å². The van der Waals surface area contributed by atoms with Crippen molar-refractivity contribution in [2.75, 3.05) is 26.2 Å². The summed E-state index contributed by atoms with van der Waals surface area (Å²) in [6, 6.07) is 3.22. The molecule has 0 radical (unpaired) electrons. The zero-order chi connectivity index (χ0) is 16.1. The molecule has 8 heteroatoms. The Morgan fingerprint density at radius 1 is 1.18 bits per heavy atom. The summed E-state index contributed by atoms with van der Waals surface area (Å²) >= 11 is 0. The monoisotopic (exact) mass is 334 g/mol. The smallest absolute Gasteiger partial charge is 0.316 e. The minimum absolute atomic E-state index is 0.0222. The number of fused-ring (bicyclic) bond motifs is 1. The van der Waals surface area contributed by atoms with E-state index in [-0.39, 0.29) is 22.3 Å². The van der Waals surface area contributed by atoms with Crippen LogP contribution in [-0.4, -0.2) is 38.9 Å². The second-order valence-corrected chi connectivity index (χ2v) is 7.91.